The van der Waals surface area contributed by atoms with Gasteiger partial charge in [-0.25, -0.2) is 0 Å². The molecule has 0 nitrogen and oxygen atoms in total. The molecule has 0 saturated carbocycles. The van der Waals surface area contributed by atoms with Crippen LogP contribution in [0.4, 0.5) is 0 Å². The van der Waals surface area contributed by atoms with Crippen LogP contribution in [-0.2, 0) is 33.5 Å². The molecule has 0 aliphatic carbocycles. The van der Waals surface area contributed by atoms with Crippen molar-refractivity contribution in [2.45, 2.75) is 0 Å². The summed E-state index contributed by atoms with van der Waals surface area (Å²) in [5, 5.41) is 0. The van der Waals surface area contributed by atoms with E-state index in [4.69, 9.17) is 0 Å². The van der Waals surface area contributed by atoms with E-state index in [1.165, 1.54) is 24.2 Å². The van der Waals surface area contributed by atoms with Crippen molar-refractivity contribution in [3.05, 3.63) is 182 Å². The van der Waals surface area contributed by atoms with Gasteiger partial charge in [0.15, 0.2) is 0 Å². The van der Waals surface area contributed by atoms with Crippen molar-refractivity contribution in [1.82, 2.24) is 0 Å². The first-order valence-electron chi connectivity index (χ1n) is 12.4. The fraction of sp³-hybridized carbons (Fsp3) is 0. The van der Waals surface area contributed by atoms with Gasteiger partial charge in [-0.3, -0.25) is 0 Å². The Morgan fingerprint density at radius 2 is 0.325 bits per heavy atom. The molecule has 0 saturated heterocycles. The number of halogens is 2. The van der Waals surface area contributed by atoms with Gasteiger partial charge in [-0.15, -0.1) is 0 Å². The molecule has 0 bridgehead atoms. The Balaban J connectivity index is 0.000000210. The molecule has 0 spiro atoms. The second kappa shape index (κ2) is 17.1. The van der Waals surface area contributed by atoms with Crippen molar-refractivity contribution in [3.63, 3.8) is 0 Å². The molecule has 0 fully saturated rings. The van der Waals surface area contributed by atoms with Crippen LogP contribution in [0.25, 0.3) is 0 Å². The van der Waals surface area contributed by atoms with Crippen LogP contribution in [0, 0.1) is 0 Å². The maximum atomic E-state index is 2.25. The van der Waals surface area contributed by atoms with Crippen molar-refractivity contribution in [1.29, 1.82) is 0 Å². The second-order valence-corrected chi connectivity index (χ2v) is 15.8. The summed E-state index contributed by atoms with van der Waals surface area (Å²) < 4.78 is 8.70. The van der Waals surface area contributed by atoms with Gasteiger partial charge >= 0.3 is 240 Å². The van der Waals surface area contributed by atoms with Crippen LogP contribution in [0.2, 0.25) is 0 Å². The van der Waals surface area contributed by atoms with Crippen LogP contribution in [0.5, 0.6) is 0 Å². The molecule has 0 amide bonds. The van der Waals surface area contributed by atoms with E-state index in [2.05, 4.69) is 182 Å². The average molecular weight is 746 g/mol. The van der Waals surface area contributed by atoms with Crippen LogP contribution >= 0.6 is 0 Å². The normalized spacial score (nSPS) is 10.5. The Kier molecular flexibility index (Phi) is 13.6. The molecule has 0 atom stereocenters. The third-order valence-electron chi connectivity index (χ3n) is 5.37. The summed E-state index contributed by atoms with van der Waals surface area (Å²) in [5.41, 5.74) is 0. The van der Waals surface area contributed by atoms with E-state index in [1.807, 2.05) is 0 Å². The van der Waals surface area contributed by atoms with Gasteiger partial charge in [0, 0.05) is 0 Å². The monoisotopic (exact) mass is 744 g/mol. The van der Waals surface area contributed by atoms with Crippen molar-refractivity contribution in [2.24, 2.45) is 0 Å². The number of hydrogen-bond donors (Lipinski definition) is 0. The molecular weight excluding hydrogens is 716 g/mol. The molecule has 40 heavy (non-hydrogen) atoms. The zero-order valence-electron chi connectivity index (χ0n) is 21.7. The van der Waals surface area contributed by atoms with Gasteiger partial charge in [-0.2, -0.15) is 0 Å². The van der Waals surface area contributed by atoms with E-state index < -0.39 is 33.5 Å². The molecule has 0 aliphatic rings. The Morgan fingerprint density at radius 1 is 0.200 bits per heavy atom. The van der Waals surface area contributed by atoms with Gasteiger partial charge in [-0.05, 0) is 0 Å². The third-order valence-corrected chi connectivity index (χ3v) is 13.9. The summed E-state index contributed by atoms with van der Waals surface area (Å²) in [7, 11) is 0. The molecule has 0 N–H and O–H groups in total. The van der Waals surface area contributed by atoms with Gasteiger partial charge in [0.25, 0.3) is 0 Å². The fourth-order valence-corrected chi connectivity index (χ4v) is 11.7. The van der Waals surface area contributed by atoms with Crippen molar-refractivity contribution in [2.75, 3.05) is 0 Å². The van der Waals surface area contributed by atoms with Crippen LogP contribution in [-0.4, -0.2) is 0 Å². The topological polar surface area (TPSA) is 0 Å². The Morgan fingerprint density at radius 3 is 0.450 bits per heavy atom. The second-order valence-electron chi connectivity index (χ2n) is 8.03. The maximum absolute atomic E-state index is 2.25. The quantitative estimate of drug-likeness (QED) is 0.196. The molecule has 0 heterocycles. The Labute approximate surface area is 262 Å². The number of rotatable bonds is 6. The molecule has 6 rings (SSSR count). The SMILES string of the molecule is [Cl-].[Cl-].c1cc[c]([Pd+]([c]2ccccc2)[c]2ccccc2)cc1.c1cc[c]([Pd+]([c]2ccccc2)[c]2ccccc2)cc1. The van der Waals surface area contributed by atoms with Crippen molar-refractivity contribution < 1.29 is 58.3 Å². The summed E-state index contributed by atoms with van der Waals surface area (Å²) in [4.78, 5) is 0. The molecule has 0 radical (unpaired) electrons. The summed E-state index contributed by atoms with van der Waals surface area (Å²) in [6.07, 6.45) is 0. The van der Waals surface area contributed by atoms with E-state index in [-0.39, 0.29) is 24.8 Å². The van der Waals surface area contributed by atoms with Crippen LogP contribution < -0.4 is 49.0 Å². The molecule has 4 heteroatoms. The summed E-state index contributed by atoms with van der Waals surface area (Å²) in [6, 6.07) is 65.1. The number of hydrogen-bond acceptors (Lipinski definition) is 0. The molecule has 6 aromatic carbocycles. The minimum absolute atomic E-state index is 0. The number of benzene rings is 6. The van der Waals surface area contributed by atoms with Crippen LogP contribution in [0.3, 0.4) is 0 Å². The van der Waals surface area contributed by atoms with E-state index in [0.717, 1.165) is 0 Å². The van der Waals surface area contributed by atoms with Crippen LogP contribution in [0.1, 0.15) is 0 Å². The fourth-order valence-electron chi connectivity index (χ4n) is 3.68. The molecule has 6 aromatic rings. The summed E-state index contributed by atoms with van der Waals surface area (Å²) in [5.74, 6) is 0. The Bertz CT molecular complexity index is 1180. The van der Waals surface area contributed by atoms with E-state index >= 15 is 0 Å². The first kappa shape index (κ1) is 31.7. The summed E-state index contributed by atoms with van der Waals surface area (Å²) in [6.45, 7) is 0. The van der Waals surface area contributed by atoms with Gasteiger partial charge in [-0.1, -0.05) is 0 Å². The zero-order chi connectivity index (χ0) is 25.8. The van der Waals surface area contributed by atoms with Crippen LogP contribution in [0.15, 0.2) is 182 Å². The predicted molar refractivity (Wildman–Crippen MR) is 156 cm³/mol. The molecule has 0 unspecified atom stereocenters. The predicted octanol–water partition coefficient (Wildman–Crippen LogP) is -0.830. The van der Waals surface area contributed by atoms with Crippen molar-refractivity contribution >= 4 is 24.2 Å². The van der Waals surface area contributed by atoms with Gasteiger partial charge < -0.3 is 24.8 Å². The first-order valence-corrected chi connectivity index (χ1v) is 17.1. The van der Waals surface area contributed by atoms with E-state index in [0.29, 0.717) is 0 Å². The molecule has 208 valence electrons. The first-order chi connectivity index (χ1) is 18.9. The van der Waals surface area contributed by atoms with Gasteiger partial charge in [0.2, 0.25) is 0 Å². The third kappa shape index (κ3) is 8.61. The van der Waals surface area contributed by atoms with E-state index in [1.54, 1.807) is 0 Å². The standard InChI is InChI=1S/6C6H5.2ClH.2Pd/c6*1-2-4-6-5-3-1;;;;/h6*1-5H;2*1H;;/q;;;;;;;;2*+1/p-2. The van der Waals surface area contributed by atoms with Crippen molar-refractivity contribution in [3.8, 4) is 0 Å². The van der Waals surface area contributed by atoms with E-state index in [9.17, 15) is 0 Å². The Hall–Kier alpha value is -2.78. The molecule has 0 aliphatic heterocycles. The van der Waals surface area contributed by atoms with Gasteiger partial charge in [0.1, 0.15) is 0 Å². The summed E-state index contributed by atoms with van der Waals surface area (Å²) >= 11 is -2.10. The average Bonchev–Trinajstić information content (AvgIpc) is 3.01. The molecule has 0 aromatic heterocycles. The minimum atomic E-state index is -1.05. The zero-order valence-corrected chi connectivity index (χ0v) is 26.3. The van der Waals surface area contributed by atoms with Gasteiger partial charge in [0.05, 0.1) is 0 Å². The molecular formula is C36H30Cl2Pd2.